The number of rotatable bonds is 4. The first-order chi connectivity index (χ1) is 4.12. The first-order valence-electron chi connectivity index (χ1n) is 3.52. The summed E-state index contributed by atoms with van der Waals surface area (Å²) in [6.07, 6.45) is 0. The molecule has 56 valence electrons. The fourth-order valence-corrected chi connectivity index (χ4v) is 6.08. The van der Waals surface area contributed by atoms with E-state index in [-0.39, 0.29) is 0 Å². The van der Waals surface area contributed by atoms with E-state index < -0.39 is 18.4 Å². The minimum absolute atomic E-state index is 0.864. The molecule has 0 aliphatic rings. The molecule has 0 aliphatic carbocycles. The first kappa shape index (κ1) is 9.72. The summed E-state index contributed by atoms with van der Waals surface area (Å²) in [6.45, 7) is 1.73. The van der Waals surface area contributed by atoms with E-state index in [0.717, 1.165) is 13.1 Å². The van der Waals surface area contributed by atoms with Crippen LogP contribution in [0.1, 0.15) is 0 Å². The molecule has 0 saturated heterocycles. The van der Waals surface area contributed by atoms with Crippen molar-refractivity contribution in [3.05, 3.63) is 0 Å². The van der Waals surface area contributed by atoms with Crippen LogP contribution in [0.5, 0.6) is 0 Å². The molecule has 0 rings (SSSR count). The fourth-order valence-electron chi connectivity index (χ4n) is 0.906. The molecule has 4 N–H and O–H groups in total. The van der Waals surface area contributed by atoms with Crippen LogP contribution in [0.25, 0.3) is 0 Å². The normalized spacial score (nSPS) is 12.0. The molecule has 0 spiro atoms. The van der Waals surface area contributed by atoms with Crippen LogP contribution in [0.2, 0.25) is 18.8 Å². The van der Waals surface area contributed by atoms with Crippen LogP contribution in [-0.2, 0) is 0 Å². The maximum atomic E-state index is 5.46. The molecule has 0 heterocycles. The summed E-state index contributed by atoms with van der Waals surface area (Å²) < 4.78 is 2.57. The molecule has 0 atom stereocenters. The zero-order valence-electron chi connectivity index (χ0n) is 6.48. The van der Waals surface area contributed by atoms with Crippen molar-refractivity contribution < 1.29 is 0 Å². The average Bonchev–Trinajstić information content (AvgIpc) is 1.64. The van der Waals surface area contributed by atoms with Crippen molar-refractivity contribution >= 4 is 18.4 Å². The summed E-state index contributed by atoms with van der Waals surface area (Å²) in [7, 11) is 0. The van der Waals surface area contributed by atoms with Gasteiger partial charge in [-0.05, 0) is 0 Å². The molecule has 0 aromatic carbocycles. The van der Waals surface area contributed by atoms with Crippen LogP contribution in [0.3, 0.4) is 0 Å². The predicted octanol–water partition coefficient (Wildman–Crippen LogP) is 0.612. The van der Waals surface area contributed by atoms with Crippen molar-refractivity contribution in [2.75, 3.05) is 13.1 Å². The molecule has 0 aromatic rings. The van der Waals surface area contributed by atoms with Gasteiger partial charge in [-0.1, -0.05) is 0 Å². The molecular weight excluding hydrogens is 219 g/mol. The predicted molar refractivity (Wildman–Crippen MR) is 45.2 cm³/mol. The molecule has 0 amide bonds. The van der Waals surface area contributed by atoms with Crippen molar-refractivity contribution in [1.82, 2.24) is 0 Å². The molecule has 2 nitrogen and oxygen atoms in total. The average molecular weight is 237 g/mol. The Bertz CT molecular complexity index is 65.5. The third kappa shape index (κ3) is 5.18. The number of hydrogen-bond acceptors (Lipinski definition) is 2. The van der Waals surface area contributed by atoms with E-state index in [0.29, 0.717) is 0 Å². The van der Waals surface area contributed by atoms with Crippen molar-refractivity contribution in [3.8, 4) is 0 Å². The fraction of sp³-hybridized carbons (Fsp3) is 1.00. The second kappa shape index (κ2) is 4.52. The van der Waals surface area contributed by atoms with Crippen molar-refractivity contribution in [2.24, 2.45) is 11.5 Å². The van der Waals surface area contributed by atoms with Gasteiger partial charge in [0.25, 0.3) is 0 Å². The molecular formula is C6H18N2Sn. The van der Waals surface area contributed by atoms with E-state index in [9.17, 15) is 0 Å². The van der Waals surface area contributed by atoms with Gasteiger partial charge < -0.3 is 0 Å². The molecule has 0 radical (unpaired) electrons. The van der Waals surface area contributed by atoms with E-state index in [1.54, 1.807) is 0 Å². The van der Waals surface area contributed by atoms with E-state index in [2.05, 4.69) is 9.88 Å². The maximum absolute atomic E-state index is 5.46. The summed E-state index contributed by atoms with van der Waals surface area (Å²) in [5.74, 6) is 0. The van der Waals surface area contributed by atoms with Crippen LogP contribution in [0.15, 0.2) is 0 Å². The number of hydrogen-bond donors (Lipinski definition) is 2. The van der Waals surface area contributed by atoms with Gasteiger partial charge in [0.15, 0.2) is 0 Å². The standard InChI is InChI=1S/2C2H6N.2CH3.Sn/c2*1-2-3;;;/h2*1-3H2;2*1H3;. The topological polar surface area (TPSA) is 52.0 Å². The van der Waals surface area contributed by atoms with Crippen LogP contribution >= 0.6 is 0 Å². The van der Waals surface area contributed by atoms with Gasteiger partial charge in [0.2, 0.25) is 0 Å². The Labute approximate surface area is 61.9 Å². The Morgan fingerprint density at radius 1 is 1.00 bits per heavy atom. The Morgan fingerprint density at radius 3 is 1.56 bits per heavy atom. The van der Waals surface area contributed by atoms with Crippen LogP contribution in [0.4, 0.5) is 0 Å². The van der Waals surface area contributed by atoms with E-state index in [1.165, 1.54) is 8.87 Å². The summed E-state index contributed by atoms with van der Waals surface area (Å²) in [5.41, 5.74) is 10.9. The third-order valence-corrected chi connectivity index (χ3v) is 11.0. The Morgan fingerprint density at radius 2 is 1.33 bits per heavy atom. The minimum atomic E-state index is -1.62. The van der Waals surface area contributed by atoms with Gasteiger partial charge in [-0.25, -0.2) is 0 Å². The summed E-state index contributed by atoms with van der Waals surface area (Å²) in [6, 6.07) is 0. The van der Waals surface area contributed by atoms with Crippen molar-refractivity contribution in [2.45, 2.75) is 18.8 Å². The molecule has 0 saturated carbocycles. The zero-order valence-corrected chi connectivity index (χ0v) is 9.34. The van der Waals surface area contributed by atoms with Gasteiger partial charge in [0.05, 0.1) is 0 Å². The second-order valence-electron chi connectivity index (χ2n) is 3.24. The Hall–Kier alpha value is 0.719. The van der Waals surface area contributed by atoms with Crippen molar-refractivity contribution in [3.63, 3.8) is 0 Å². The van der Waals surface area contributed by atoms with Gasteiger partial charge in [0.1, 0.15) is 0 Å². The van der Waals surface area contributed by atoms with Gasteiger partial charge in [-0.2, -0.15) is 0 Å². The Kier molecular flexibility index (Phi) is 4.88. The quantitative estimate of drug-likeness (QED) is 0.704. The molecule has 0 bridgehead atoms. The van der Waals surface area contributed by atoms with Crippen LogP contribution < -0.4 is 11.5 Å². The van der Waals surface area contributed by atoms with Gasteiger partial charge in [-0.3, -0.25) is 0 Å². The van der Waals surface area contributed by atoms with Gasteiger partial charge in [-0.15, -0.1) is 0 Å². The SMILES string of the molecule is [CH3][Sn]([CH3])([CH2]CN)[CH2]CN. The van der Waals surface area contributed by atoms with Gasteiger partial charge >= 0.3 is 61.7 Å². The Balaban J connectivity index is 3.43. The molecule has 0 unspecified atom stereocenters. The molecule has 0 aliphatic heterocycles. The molecule has 3 heteroatoms. The van der Waals surface area contributed by atoms with Crippen LogP contribution in [0, 0.1) is 0 Å². The van der Waals surface area contributed by atoms with E-state index in [1.807, 2.05) is 0 Å². The zero-order chi connectivity index (χ0) is 7.33. The molecule has 0 fully saturated rings. The second-order valence-corrected chi connectivity index (χ2v) is 18.4. The summed E-state index contributed by atoms with van der Waals surface area (Å²) in [5, 5.41) is 0. The first-order valence-corrected chi connectivity index (χ1v) is 13.3. The number of nitrogens with two attached hydrogens (primary N) is 2. The summed E-state index contributed by atoms with van der Waals surface area (Å²) in [4.78, 5) is 4.82. The van der Waals surface area contributed by atoms with E-state index in [4.69, 9.17) is 11.5 Å². The monoisotopic (exact) mass is 238 g/mol. The van der Waals surface area contributed by atoms with Crippen LogP contribution in [-0.4, -0.2) is 31.5 Å². The molecule has 0 aromatic heterocycles. The molecule has 9 heavy (non-hydrogen) atoms. The van der Waals surface area contributed by atoms with Crippen molar-refractivity contribution in [1.29, 1.82) is 0 Å². The van der Waals surface area contributed by atoms with E-state index >= 15 is 0 Å². The van der Waals surface area contributed by atoms with Gasteiger partial charge in [0, 0.05) is 0 Å². The summed E-state index contributed by atoms with van der Waals surface area (Å²) >= 11 is -1.62. The third-order valence-electron chi connectivity index (χ3n) is 1.64.